The second-order valence-electron chi connectivity index (χ2n) is 6.42. The van der Waals surface area contributed by atoms with Gasteiger partial charge >= 0.3 is 0 Å². The number of hydrogen-bond acceptors (Lipinski definition) is 5. The first-order valence-corrected chi connectivity index (χ1v) is 9.74. The molecule has 1 fully saturated rings. The molecule has 0 unspecified atom stereocenters. The average molecular weight is 409 g/mol. The van der Waals surface area contributed by atoms with Gasteiger partial charge in [0, 0.05) is 34.8 Å². The minimum atomic E-state index is -0.254. The largest absolute Gasteiger partial charge is 0.476 e. The van der Waals surface area contributed by atoms with E-state index >= 15 is 0 Å². The maximum atomic E-state index is 12.2. The predicted octanol–water partition coefficient (Wildman–Crippen LogP) is 3.89. The number of halogens is 2. The van der Waals surface area contributed by atoms with E-state index in [9.17, 15) is 4.79 Å². The molecule has 0 aliphatic carbocycles. The molecule has 6 nitrogen and oxygen atoms in total. The minimum absolute atomic E-state index is 0.254. The van der Waals surface area contributed by atoms with Crippen LogP contribution in [0.1, 0.15) is 35.4 Å². The van der Waals surface area contributed by atoms with E-state index < -0.39 is 0 Å². The van der Waals surface area contributed by atoms with E-state index in [1.54, 1.807) is 18.2 Å². The Morgan fingerprint density at radius 1 is 1.11 bits per heavy atom. The van der Waals surface area contributed by atoms with E-state index in [-0.39, 0.29) is 5.91 Å². The minimum Gasteiger partial charge on any atom is -0.476 e. The quantitative estimate of drug-likeness (QED) is 0.734. The van der Waals surface area contributed by atoms with Crippen LogP contribution < -0.4 is 15.0 Å². The van der Waals surface area contributed by atoms with E-state index in [1.165, 1.54) is 19.3 Å². The standard InChI is InChI=1S/C19H22Cl2N4O2/c1-13-23-17(25-6-3-2-4-7-25)12-18(24-13)27-8-5-22-19(26)14-9-15(20)11-16(21)10-14/h9-12H,2-8H2,1H3,(H,22,26). The van der Waals surface area contributed by atoms with Crippen molar-refractivity contribution in [1.82, 2.24) is 15.3 Å². The molecule has 2 heterocycles. The highest BCUT2D eigenvalue weighted by Gasteiger charge is 2.14. The summed E-state index contributed by atoms with van der Waals surface area (Å²) >= 11 is 11.8. The summed E-state index contributed by atoms with van der Waals surface area (Å²) in [6.45, 7) is 4.51. The lowest BCUT2D eigenvalue weighted by molar-refractivity contribution is 0.0946. The van der Waals surface area contributed by atoms with Gasteiger partial charge in [0.15, 0.2) is 0 Å². The Balaban J connectivity index is 1.52. The first-order chi connectivity index (χ1) is 13.0. The second kappa shape index (κ2) is 9.24. The summed E-state index contributed by atoms with van der Waals surface area (Å²) in [6.07, 6.45) is 3.62. The van der Waals surface area contributed by atoms with Crippen LogP contribution in [0.15, 0.2) is 24.3 Å². The van der Waals surface area contributed by atoms with Crippen LogP contribution in [0.25, 0.3) is 0 Å². The van der Waals surface area contributed by atoms with Gasteiger partial charge in [-0.1, -0.05) is 23.2 Å². The molecule has 0 radical (unpaired) electrons. The Morgan fingerprint density at radius 3 is 2.52 bits per heavy atom. The number of anilines is 1. The molecule has 1 amide bonds. The molecule has 0 atom stereocenters. The van der Waals surface area contributed by atoms with Crippen molar-refractivity contribution in [2.24, 2.45) is 0 Å². The zero-order valence-electron chi connectivity index (χ0n) is 15.2. The van der Waals surface area contributed by atoms with Crippen LogP contribution in [-0.2, 0) is 0 Å². The third kappa shape index (κ3) is 5.71. The van der Waals surface area contributed by atoms with Crippen LogP contribution in [0, 0.1) is 6.92 Å². The summed E-state index contributed by atoms with van der Waals surface area (Å²) in [6, 6.07) is 6.59. The van der Waals surface area contributed by atoms with Crippen LogP contribution in [0.4, 0.5) is 5.82 Å². The molecule has 1 aromatic carbocycles. The number of nitrogens with zero attached hydrogens (tertiary/aromatic N) is 3. The van der Waals surface area contributed by atoms with Gasteiger partial charge in [0.25, 0.3) is 5.91 Å². The van der Waals surface area contributed by atoms with Gasteiger partial charge in [0.05, 0.1) is 6.54 Å². The first kappa shape index (κ1) is 19.7. The number of amides is 1. The molecule has 1 aliphatic rings. The van der Waals surface area contributed by atoms with Crippen LogP contribution in [0.3, 0.4) is 0 Å². The third-order valence-electron chi connectivity index (χ3n) is 4.24. The Bertz CT molecular complexity index is 790. The van der Waals surface area contributed by atoms with Crippen molar-refractivity contribution in [2.75, 3.05) is 31.1 Å². The van der Waals surface area contributed by atoms with Crippen LogP contribution in [-0.4, -0.2) is 42.1 Å². The molecular weight excluding hydrogens is 387 g/mol. The Labute approximate surface area is 168 Å². The van der Waals surface area contributed by atoms with E-state index in [2.05, 4.69) is 20.2 Å². The zero-order valence-corrected chi connectivity index (χ0v) is 16.7. The number of ether oxygens (including phenoxy) is 1. The molecule has 1 saturated heterocycles. The highest BCUT2D eigenvalue weighted by Crippen LogP contribution is 2.21. The SMILES string of the molecule is Cc1nc(OCCNC(=O)c2cc(Cl)cc(Cl)c2)cc(N2CCCCC2)n1. The van der Waals surface area contributed by atoms with Gasteiger partial charge in [0.1, 0.15) is 18.2 Å². The molecule has 27 heavy (non-hydrogen) atoms. The maximum absolute atomic E-state index is 12.2. The van der Waals surface area contributed by atoms with Crippen molar-refractivity contribution < 1.29 is 9.53 Å². The summed E-state index contributed by atoms with van der Waals surface area (Å²) in [4.78, 5) is 23.2. The van der Waals surface area contributed by atoms with Crippen LogP contribution in [0.2, 0.25) is 10.0 Å². The van der Waals surface area contributed by atoms with Gasteiger partial charge in [-0.2, -0.15) is 4.98 Å². The van der Waals surface area contributed by atoms with Crippen LogP contribution >= 0.6 is 23.2 Å². The molecule has 0 saturated carbocycles. The maximum Gasteiger partial charge on any atom is 0.251 e. The molecule has 3 rings (SSSR count). The molecule has 1 N–H and O–H groups in total. The molecular formula is C19H22Cl2N4O2. The third-order valence-corrected chi connectivity index (χ3v) is 4.68. The second-order valence-corrected chi connectivity index (χ2v) is 7.29. The van der Waals surface area contributed by atoms with Crippen molar-refractivity contribution >= 4 is 34.9 Å². The highest BCUT2D eigenvalue weighted by atomic mass is 35.5. The summed E-state index contributed by atoms with van der Waals surface area (Å²) in [5, 5.41) is 3.62. The van der Waals surface area contributed by atoms with Crippen molar-refractivity contribution in [3.8, 4) is 5.88 Å². The lowest BCUT2D eigenvalue weighted by atomic mass is 10.1. The molecule has 2 aromatic rings. The molecule has 0 bridgehead atoms. The predicted molar refractivity (Wildman–Crippen MR) is 107 cm³/mol. The van der Waals surface area contributed by atoms with Crippen LogP contribution in [0.5, 0.6) is 5.88 Å². The van der Waals surface area contributed by atoms with E-state index in [0.29, 0.717) is 40.5 Å². The summed E-state index contributed by atoms with van der Waals surface area (Å²) in [5.41, 5.74) is 0.415. The Morgan fingerprint density at radius 2 is 1.81 bits per heavy atom. The summed E-state index contributed by atoms with van der Waals surface area (Å²) in [5.74, 6) is 1.83. The normalized spacial score (nSPS) is 14.1. The fourth-order valence-corrected chi connectivity index (χ4v) is 3.52. The Kier molecular flexibility index (Phi) is 6.74. The molecule has 8 heteroatoms. The molecule has 1 aromatic heterocycles. The summed E-state index contributed by atoms with van der Waals surface area (Å²) < 4.78 is 5.71. The number of aryl methyl sites for hydroxylation is 1. The zero-order chi connectivity index (χ0) is 19.2. The number of carbonyl (C=O) groups is 1. The van der Waals surface area contributed by atoms with E-state index in [0.717, 1.165) is 18.9 Å². The van der Waals surface area contributed by atoms with Crippen molar-refractivity contribution in [2.45, 2.75) is 26.2 Å². The number of piperidine rings is 1. The van der Waals surface area contributed by atoms with E-state index in [1.807, 2.05) is 13.0 Å². The average Bonchev–Trinajstić information content (AvgIpc) is 2.64. The monoisotopic (exact) mass is 408 g/mol. The number of hydrogen-bond donors (Lipinski definition) is 1. The van der Waals surface area contributed by atoms with Gasteiger partial charge in [-0.3, -0.25) is 4.79 Å². The smallest absolute Gasteiger partial charge is 0.251 e. The van der Waals surface area contributed by atoms with Gasteiger partial charge in [0.2, 0.25) is 5.88 Å². The van der Waals surface area contributed by atoms with E-state index in [4.69, 9.17) is 27.9 Å². The summed E-state index contributed by atoms with van der Waals surface area (Å²) in [7, 11) is 0. The Hall–Kier alpha value is -2.05. The number of carbonyl (C=O) groups excluding carboxylic acids is 1. The van der Waals surface area contributed by atoms with Crippen molar-refractivity contribution in [3.05, 3.63) is 45.7 Å². The number of aromatic nitrogens is 2. The van der Waals surface area contributed by atoms with Crippen molar-refractivity contribution in [1.29, 1.82) is 0 Å². The van der Waals surface area contributed by atoms with Crippen molar-refractivity contribution in [3.63, 3.8) is 0 Å². The highest BCUT2D eigenvalue weighted by molar-refractivity contribution is 6.35. The fourth-order valence-electron chi connectivity index (χ4n) is 2.99. The molecule has 0 spiro atoms. The topological polar surface area (TPSA) is 67.3 Å². The van der Waals surface area contributed by atoms with Gasteiger partial charge < -0.3 is 15.0 Å². The fraction of sp³-hybridized carbons (Fsp3) is 0.421. The number of benzene rings is 1. The van der Waals surface area contributed by atoms with Gasteiger partial charge in [-0.05, 0) is 44.4 Å². The van der Waals surface area contributed by atoms with Gasteiger partial charge in [-0.15, -0.1) is 0 Å². The number of rotatable bonds is 6. The molecule has 1 aliphatic heterocycles. The first-order valence-electron chi connectivity index (χ1n) is 8.99. The molecule has 144 valence electrons. The lowest BCUT2D eigenvalue weighted by Crippen LogP contribution is -2.30. The van der Waals surface area contributed by atoms with Gasteiger partial charge in [-0.25, -0.2) is 4.98 Å². The number of nitrogens with one attached hydrogen (secondary N) is 1. The lowest BCUT2D eigenvalue weighted by Gasteiger charge is -2.28.